The van der Waals surface area contributed by atoms with E-state index in [2.05, 4.69) is 13.8 Å². The Bertz CT molecular complexity index is 121. The minimum atomic E-state index is 0.112. The van der Waals surface area contributed by atoms with Crippen molar-refractivity contribution in [2.24, 2.45) is 11.8 Å². The maximum Gasteiger partial charge on any atom is 0.160 e. The summed E-state index contributed by atoms with van der Waals surface area (Å²) in [5.41, 5.74) is 0. The molecule has 4 atom stereocenters. The maximum absolute atomic E-state index is 5.60. The quantitative estimate of drug-likeness (QED) is 0.509. The number of hydrogen-bond acceptors (Lipinski definition) is 2. The van der Waals surface area contributed by atoms with Crippen LogP contribution in [-0.2, 0) is 9.47 Å². The van der Waals surface area contributed by atoms with Crippen LogP contribution >= 0.6 is 0 Å². The molecule has 0 unspecified atom stereocenters. The lowest BCUT2D eigenvalue weighted by molar-refractivity contribution is -0.129. The van der Waals surface area contributed by atoms with Crippen LogP contribution in [0.25, 0.3) is 0 Å². The van der Waals surface area contributed by atoms with Crippen LogP contribution in [0.15, 0.2) is 0 Å². The SMILES string of the molecule is C[C@H]1C[C@H](C)[C@H]2CO[C@@H]1O2. The van der Waals surface area contributed by atoms with Gasteiger partial charge in [-0.15, -0.1) is 0 Å². The summed E-state index contributed by atoms with van der Waals surface area (Å²) in [6.45, 7) is 5.25. The maximum atomic E-state index is 5.60. The molecule has 0 aromatic rings. The summed E-state index contributed by atoms with van der Waals surface area (Å²) >= 11 is 0. The van der Waals surface area contributed by atoms with Crippen LogP contribution in [0.5, 0.6) is 0 Å². The highest BCUT2D eigenvalue weighted by molar-refractivity contribution is 4.81. The van der Waals surface area contributed by atoms with E-state index in [4.69, 9.17) is 9.47 Å². The molecule has 0 saturated carbocycles. The number of rotatable bonds is 0. The Morgan fingerprint density at radius 2 is 2.00 bits per heavy atom. The Hall–Kier alpha value is -0.0800. The molecular weight excluding hydrogens is 128 g/mol. The first-order valence-corrected chi connectivity index (χ1v) is 4.04. The lowest BCUT2D eigenvalue weighted by Crippen LogP contribution is -2.32. The van der Waals surface area contributed by atoms with Gasteiger partial charge in [-0.3, -0.25) is 0 Å². The van der Waals surface area contributed by atoms with E-state index < -0.39 is 0 Å². The van der Waals surface area contributed by atoms with Gasteiger partial charge in [0.1, 0.15) is 0 Å². The fraction of sp³-hybridized carbons (Fsp3) is 1.00. The Morgan fingerprint density at radius 1 is 1.20 bits per heavy atom. The molecule has 0 radical (unpaired) electrons. The van der Waals surface area contributed by atoms with Gasteiger partial charge in [-0.05, 0) is 12.3 Å². The Kier molecular flexibility index (Phi) is 1.46. The fourth-order valence-corrected chi connectivity index (χ4v) is 1.89. The molecular formula is C8H14O2. The average Bonchev–Trinajstić information content (AvgIpc) is 2.28. The minimum absolute atomic E-state index is 0.112. The van der Waals surface area contributed by atoms with E-state index in [1.165, 1.54) is 6.42 Å². The molecule has 2 bridgehead atoms. The average molecular weight is 142 g/mol. The second-order valence-electron chi connectivity index (χ2n) is 3.57. The van der Waals surface area contributed by atoms with Crippen LogP contribution in [0, 0.1) is 11.8 Å². The molecule has 2 rings (SSSR count). The molecule has 10 heavy (non-hydrogen) atoms. The van der Waals surface area contributed by atoms with Gasteiger partial charge >= 0.3 is 0 Å². The summed E-state index contributed by atoms with van der Waals surface area (Å²) in [5, 5.41) is 0. The lowest BCUT2D eigenvalue weighted by atomic mass is 9.91. The van der Waals surface area contributed by atoms with Gasteiger partial charge in [0, 0.05) is 5.92 Å². The van der Waals surface area contributed by atoms with Crippen molar-refractivity contribution < 1.29 is 9.47 Å². The predicted octanol–water partition coefficient (Wildman–Crippen LogP) is 1.40. The zero-order valence-corrected chi connectivity index (χ0v) is 6.54. The highest BCUT2D eigenvalue weighted by Gasteiger charge is 2.39. The van der Waals surface area contributed by atoms with Gasteiger partial charge in [0.25, 0.3) is 0 Å². The highest BCUT2D eigenvalue weighted by Crippen LogP contribution is 2.34. The van der Waals surface area contributed by atoms with Gasteiger partial charge < -0.3 is 9.47 Å². The standard InChI is InChI=1S/C8H14O2/c1-5-3-6(2)8-9-4-7(5)10-8/h5-8H,3-4H2,1-2H3/t5-,6-,7+,8+/m0/s1. The van der Waals surface area contributed by atoms with Crippen LogP contribution in [0.3, 0.4) is 0 Å². The van der Waals surface area contributed by atoms with Crippen molar-refractivity contribution in [1.29, 1.82) is 0 Å². The summed E-state index contributed by atoms with van der Waals surface area (Å²) in [5.74, 6) is 1.28. The molecule has 2 heterocycles. The van der Waals surface area contributed by atoms with Crippen LogP contribution in [0.4, 0.5) is 0 Å². The van der Waals surface area contributed by atoms with Crippen molar-refractivity contribution >= 4 is 0 Å². The number of hydrogen-bond donors (Lipinski definition) is 0. The second kappa shape index (κ2) is 2.21. The third-order valence-electron chi connectivity index (χ3n) is 2.58. The van der Waals surface area contributed by atoms with E-state index in [0.717, 1.165) is 6.61 Å². The summed E-state index contributed by atoms with van der Waals surface area (Å²) in [4.78, 5) is 0. The highest BCUT2D eigenvalue weighted by atomic mass is 16.7. The fourth-order valence-electron chi connectivity index (χ4n) is 1.89. The van der Waals surface area contributed by atoms with Crippen molar-refractivity contribution in [2.45, 2.75) is 32.7 Å². The summed E-state index contributed by atoms with van der Waals surface area (Å²) in [6.07, 6.45) is 1.76. The molecule has 0 aliphatic carbocycles. The van der Waals surface area contributed by atoms with Crippen LogP contribution in [-0.4, -0.2) is 19.0 Å². The number of fused-ring (bicyclic) bond motifs is 2. The van der Waals surface area contributed by atoms with Gasteiger partial charge in [-0.2, -0.15) is 0 Å². The van der Waals surface area contributed by atoms with Crippen LogP contribution in [0.1, 0.15) is 20.3 Å². The zero-order valence-electron chi connectivity index (χ0n) is 6.54. The molecule has 0 aromatic carbocycles. The van der Waals surface area contributed by atoms with Crippen molar-refractivity contribution in [3.05, 3.63) is 0 Å². The Balaban J connectivity index is 2.09. The smallest absolute Gasteiger partial charge is 0.160 e. The van der Waals surface area contributed by atoms with Crippen molar-refractivity contribution in [3.63, 3.8) is 0 Å². The van der Waals surface area contributed by atoms with Gasteiger partial charge in [-0.1, -0.05) is 13.8 Å². The van der Waals surface area contributed by atoms with E-state index in [9.17, 15) is 0 Å². The molecule has 0 amide bonds. The summed E-state index contributed by atoms with van der Waals surface area (Å²) in [7, 11) is 0. The molecule has 2 heteroatoms. The van der Waals surface area contributed by atoms with E-state index >= 15 is 0 Å². The van der Waals surface area contributed by atoms with E-state index in [0.29, 0.717) is 17.9 Å². The molecule has 2 aliphatic heterocycles. The van der Waals surface area contributed by atoms with Gasteiger partial charge in [-0.25, -0.2) is 0 Å². The Morgan fingerprint density at radius 3 is 2.80 bits per heavy atom. The first-order chi connectivity index (χ1) is 4.77. The van der Waals surface area contributed by atoms with Crippen LogP contribution in [0.2, 0.25) is 0 Å². The van der Waals surface area contributed by atoms with Gasteiger partial charge in [0.05, 0.1) is 12.7 Å². The summed E-state index contributed by atoms with van der Waals surface area (Å²) in [6, 6.07) is 0. The third kappa shape index (κ3) is 0.867. The topological polar surface area (TPSA) is 18.5 Å². The van der Waals surface area contributed by atoms with Crippen molar-refractivity contribution in [2.75, 3.05) is 6.61 Å². The predicted molar refractivity (Wildman–Crippen MR) is 37.6 cm³/mol. The molecule has 0 spiro atoms. The molecule has 0 aromatic heterocycles. The minimum Gasteiger partial charge on any atom is -0.350 e. The summed E-state index contributed by atoms with van der Waals surface area (Å²) < 4.78 is 11.0. The van der Waals surface area contributed by atoms with E-state index in [-0.39, 0.29) is 6.29 Å². The molecule has 2 saturated heterocycles. The largest absolute Gasteiger partial charge is 0.350 e. The van der Waals surface area contributed by atoms with Gasteiger partial charge in [0.15, 0.2) is 6.29 Å². The number of ether oxygens (including phenoxy) is 2. The van der Waals surface area contributed by atoms with Crippen molar-refractivity contribution in [1.82, 2.24) is 0 Å². The molecule has 0 N–H and O–H groups in total. The molecule has 2 aliphatic rings. The monoisotopic (exact) mass is 142 g/mol. The lowest BCUT2D eigenvalue weighted by Gasteiger charge is -2.29. The molecule has 58 valence electrons. The Labute approximate surface area is 61.5 Å². The van der Waals surface area contributed by atoms with Crippen LogP contribution < -0.4 is 0 Å². The van der Waals surface area contributed by atoms with E-state index in [1.807, 2.05) is 0 Å². The second-order valence-corrected chi connectivity index (χ2v) is 3.57. The third-order valence-corrected chi connectivity index (χ3v) is 2.58. The van der Waals surface area contributed by atoms with Gasteiger partial charge in [0.2, 0.25) is 0 Å². The van der Waals surface area contributed by atoms with Crippen molar-refractivity contribution in [3.8, 4) is 0 Å². The first-order valence-electron chi connectivity index (χ1n) is 4.04. The normalized spacial score (nSPS) is 53.4. The van der Waals surface area contributed by atoms with E-state index in [1.54, 1.807) is 0 Å². The zero-order chi connectivity index (χ0) is 7.14. The molecule has 2 nitrogen and oxygen atoms in total. The first kappa shape index (κ1) is 6.62. The molecule has 2 fully saturated rings.